The Hall–Kier alpha value is -3.22. The first-order valence-electron chi connectivity index (χ1n) is 7.45. The number of imidazole rings is 1. The van der Waals surface area contributed by atoms with Crippen molar-refractivity contribution in [2.45, 2.75) is 0 Å². The highest BCUT2D eigenvalue weighted by atomic mass is 19.1. The van der Waals surface area contributed by atoms with Crippen LogP contribution in [-0.2, 0) is 0 Å². The van der Waals surface area contributed by atoms with Gasteiger partial charge in [0.1, 0.15) is 5.82 Å². The minimum absolute atomic E-state index is 0.338. The summed E-state index contributed by atoms with van der Waals surface area (Å²) in [4.78, 5) is 15.1. The van der Waals surface area contributed by atoms with Crippen LogP contribution in [0, 0.1) is 5.82 Å². The molecular weight excluding hydrogens is 327 g/mol. The molecular formula is C18H17FN2O4. The minimum Gasteiger partial charge on any atom is -0.493 e. The Kier molecular flexibility index (Phi) is 4.47. The lowest BCUT2D eigenvalue weighted by atomic mass is 10.2. The lowest BCUT2D eigenvalue weighted by Crippen LogP contribution is -2.14. The predicted molar refractivity (Wildman–Crippen MR) is 91.4 cm³/mol. The second kappa shape index (κ2) is 6.72. The molecule has 0 unspecified atom stereocenters. The van der Waals surface area contributed by atoms with Gasteiger partial charge >= 0.3 is 5.69 Å². The lowest BCUT2D eigenvalue weighted by Gasteiger charge is -2.14. The Bertz CT molecular complexity index is 919. The number of aromatic amines is 1. The zero-order valence-corrected chi connectivity index (χ0v) is 14.0. The van der Waals surface area contributed by atoms with Crippen LogP contribution in [0.5, 0.6) is 17.2 Å². The summed E-state index contributed by atoms with van der Waals surface area (Å²) in [5.74, 6) is 0.979. The molecule has 25 heavy (non-hydrogen) atoms. The molecule has 0 atom stereocenters. The van der Waals surface area contributed by atoms with Crippen molar-refractivity contribution in [2.24, 2.45) is 0 Å². The fourth-order valence-corrected chi connectivity index (χ4v) is 2.57. The highest BCUT2D eigenvalue weighted by molar-refractivity contribution is 5.61. The minimum atomic E-state index is -0.339. The number of nitrogens with one attached hydrogen (secondary N) is 1. The van der Waals surface area contributed by atoms with Gasteiger partial charge in [-0.15, -0.1) is 0 Å². The maximum atomic E-state index is 13.1. The summed E-state index contributed by atoms with van der Waals surface area (Å²) in [6.45, 7) is 0. The fraction of sp³-hybridized carbons (Fsp3) is 0.167. The monoisotopic (exact) mass is 344 g/mol. The van der Waals surface area contributed by atoms with Crippen molar-refractivity contribution in [3.63, 3.8) is 0 Å². The zero-order chi connectivity index (χ0) is 18.0. The van der Waals surface area contributed by atoms with Gasteiger partial charge in [0.15, 0.2) is 11.5 Å². The van der Waals surface area contributed by atoms with Gasteiger partial charge in [-0.25, -0.2) is 9.18 Å². The molecule has 3 aromatic rings. The number of nitrogens with zero attached hydrogens (tertiary/aromatic N) is 1. The van der Waals surface area contributed by atoms with Gasteiger partial charge in [0, 0.05) is 18.3 Å². The van der Waals surface area contributed by atoms with E-state index in [1.165, 1.54) is 38.0 Å². The van der Waals surface area contributed by atoms with Gasteiger partial charge in [-0.1, -0.05) is 0 Å². The Balaban J connectivity index is 2.11. The van der Waals surface area contributed by atoms with E-state index in [1.807, 2.05) is 0 Å². The highest BCUT2D eigenvalue weighted by Gasteiger charge is 2.16. The smallest absolute Gasteiger partial charge is 0.330 e. The molecule has 1 aromatic heterocycles. The third-order valence-corrected chi connectivity index (χ3v) is 3.80. The number of aromatic nitrogens is 2. The fourth-order valence-electron chi connectivity index (χ4n) is 2.57. The molecule has 0 fully saturated rings. The molecule has 0 aliphatic heterocycles. The van der Waals surface area contributed by atoms with Crippen LogP contribution in [0.3, 0.4) is 0 Å². The Labute approximate surface area is 143 Å². The molecule has 0 spiro atoms. The van der Waals surface area contributed by atoms with E-state index in [-0.39, 0.29) is 11.5 Å². The van der Waals surface area contributed by atoms with E-state index < -0.39 is 0 Å². The van der Waals surface area contributed by atoms with Crippen LogP contribution >= 0.6 is 0 Å². The van der Waals surface area contributed by atoms with Gasteiger partial charge in [-0.05, 0) is 29.8 Å². The van der Waals surface area contributed by atoms with Crippen LogP contribution in [-0.4, -0.2) is 30.9 Å². The average molecular weight is 344 g/mol. The summed E-state index contributed by atoms with van der Waals surface area (Å²) >= 11 is 0. The SMILES string of the molecule is COc1cc(-n2cc(-c3ccc(F)cc3)[nH]c2=O)cc(OC)c1OC. The van der Waals surface area contributed by atoms with Crippen molar-refractivity contribution >= 4 is 0 Å². The van der Waals surface area contributed by atoms with Crippen LogP contribution in [0.2, 0.25) is 0 Å². The molecule has 0 saturated carbocycles. The number of hydrogen-bond acceptors (Lipinski definition) is 4. The normalized spacial score (nSPS) is 10.6. The van der Waals surface area contributed by atoms with Gasteiger partial charge in [0.2, 0.25) is 5.75 Å². The third kappa shape index (κ3) is 3.08. The molecule has 1 N–H and O–H groups in total. The molecule has 3 rings (SSSR count). The van der Waals surface area contributed by atoms with E-state index >= 15 is 0 Å². The number of methoxy groups -OCH3 is 3. The number of halogens is 1. The molecule has 0 saturated heterocycles. The average Bonchev–Trinajstić information content (AvgIpc) is 3.02. The molecule has 0 aliphatic carbocycles. The van der Waals surface area contributed by atoms with Crippen LogP contribution in [0.4, 0.5) is 4.39 Å². The van der Waals surface area contributed by atoms with Crippen LogP contribution in [0.1, 0.15) is 0 Å². The maximum absolute atomic E-state index is 13.1. The van der Waals surface area contributed by atoms with Crippen molar-refractivity contribution < 1.29 is 18.6 Å². The van der Waals surface area contributed by atoms with Crippen molar-refractivity contribution in [1.82, 2.24) is 9.55 Å². The highest BCUT2D eigenvalue weighted by Crippen LogP contribution is 2.39. The van der Waals surface area contributed by atoms with Crippen LogP contribution in [0.15, 0.2) is 47.4 Å². The maximum Gasteiger partial charge on any atom is 0.330 e. The second-order valence-electron chi connectivity index (χ2n) is 5.23. The molecule has 2 aromatic carbocycles. The summed E-state index contributed by atoms with van der Waals surface area (Å²) < 4.78 is 30.4. The molecule has 0 bridgehead atoms. The first kappa shape index (κ1) is 16.6. The van der Waals surface area contributed by atoms with E-state index in [0.717, 1.165) is 0 Å². The summed E-state index contributed by atoms with van der Waals surface area (Å²) in [7, 11) is 4.52. The summed E-state index contributed by atoms with van der Waals surface area (Å²) in [6.07, 6.45) is 1.64. The summed E-state index contributed by atoms with van der Waals surface area (Å²) in [5, 5.41) is 0. The molecule has 0 amide bonds. The van der Waals surface area contributed by atoms with E-state index in [4.69, 9.17) is 14.2 Å². The van der Waals surface area contributed by atoms with E-state index in [0.29, 0.717) is 34.2 Å². The number of hydrogen-bond donors (Lipinski definition) is 1. The Morgan fingerprint density at radius 3 is 2.08 bits per heavy atom. The van der Waals surface area contributed by atoms with E-state index in [2.05, 4.69) is 4.98 Å². The first-order chi connectivity index (χ1) is 12.1. The predicted octanol–water partition coefficient (Wildman–Crippen LogP) is 3.00. The number of H-pyrrole nitrogens is 1. The molecule has 0 aliphatic rings. The standard InChI is InChI=1S/C18H17FN2O4/c1-23-15-8-13(9-16(24-2)17(15)25-3)21-10-14(20-18(21)22)11-4-6-12(19)7-5-11/h4-10H,1-3H3,(H,20,22). The number of ether oxygens (including phenoxy) is 3. The van der Waals surface area contributed by atoms with Crippen molar-refractivity contribution in [3.05, 3.63) is 58.9 Å². The summed E-state index contributed by atoms with van der Waals surface area (Å²) in [5.41, 5.74) is 1.47. The quantitative estimate of drug-likeness (QED) is 0.773. The number of rotatable bonds is 5. The summed E-state index contributed by atoms with van der Waals surface area (Å²) in [6, 6.07) is 9.21. The molecule has 130 valence electrons. The van der Waals surface area contributed by atoms with Crippen molar-refractivity contribution in [1.29, 1.82) is 0 Å². The Morgan fingerprint density at radius 2 is 1.56 bits per heavy atom. The molecule has 6 nitrogen and oxygen atoms in total. The largest absolute Gasteiger partial charge is 0.493 e. The topological polar surface area (TPSA) is 65.5 Å². The first-order valence-corrected chi connectivity index (χ1v) is 7.45. The number of benzene rings is 2. The van der Waals surface area contributed by atoms with Crippen molar-refractivity contribution in [3.8, 4) is 34.2 Å². The van der Waals surface area contributed by atoms with Gasteiger partial charge in [-0.3, -0.25) is 4.57 Å². The van der Waals surface area contributed by atoms with Crippen LogP contribution in [0.25, 0.3) is 16.9 Å². The van der Waals surface area contributed by atoms with Gasteiger partial charge in [0.25, 0.3) is 0 Å². The van der Waals surface area contributed by atoms with E-state index in [9.17, 15) is 9.18 Å². The second-order valence-corrected chi connectivity index (χ2v) is 5.23. The molecule has 7 heteroatoms. The van der Waals surface area contributed by atoms with Crippen molar-refractivity contribution in [2.75, 3.05) is 21.3 Å². The zero-order valence-electron chi connectivity index (χ0n) is 14.0. The third-order valence-electron chi connectivity index (χ3n) is 3.80. The van der Waals surface area contributed by atoms with Gasteiger partial charge in [-0.2, -0.15) is 0 Å². The van der Waals surface area contributed by atoms with Gasteiger partial charge < -0.3 is 19.2 Å². The molecule has 0 radical (unpaired) electrons. The lowest BCUT2D eigenvalue weighted by molar-refractivity contribution is 0.324. The van der Waals surface area contributed by atoms with E-state index in [1.54, 1.807) is 30.5 Å². The van der Waals surface area contributed by atoms with Crippen LogP contribution < -0.4 is 19.9 Å². The van der Waals surface area contributed by atoms with Gasteiger partial charge in [0.05, 0.1) is 32.7 Å². The molecule has 1 heterocycles. The Morgan fingerprint density at radius 1 is 0.960 bits per heavy atom.